The van der Waals surface area contributed by atoms with Crippen LogP contribution in [0.1, 0.15) is 11.3 Å². The number of fused-ring (bicyclic) bond motifs is 1. The number of benzene rings is 1. The maximum absolute atomic E-state index is 9.68. The number of aliphatic hydroxyl groups is 1. The Morgan fingerprint density at radius 2 is 2.12 bits per heavy atom. The van der Waals surface area contributed by atoms with Crippen LogP contribution in [0.3, 0.4) is 0 Å². The highest BCUT2D eigenvalue weighted by Crippen LogP contribution is 2.28. The van der Waals surface area contributed by atoms with E-state index in [-0.39, 0.29) is 12.5 Å². The maximum atomic E-state index is 9.68. The molecular formula is C19H17ClN4O. The van der Waals surface area contributed by atoms with Crippen LogP contribution in [0.2, 0.25) is 5.02 Å². The smallest absolute Gasteiger partial charge is 0.103 e. The average molecular weight is 353 g/mol. The topological polar surface area (TPSA) is 81.8 Å². The third kappa shape index (κ3) is 4.05. The number of pyridine rings is 2. The van der Waals surface area contributed by atoms with Gasteiger partial charge in [-0.2, -0.15) is 5.26 Å². The summed E-state index contributed by atoms with van der Waals surface area (Å²) >= 11 is 6.10. The van der Waals surface area contributed by atoms with E-state index in [9.17, 15) is 10.4 Å². The van der Waals surface area contributed by atoms with Gasteiger partial charge in [-0.05, 0) is 36.8 Å². The van der Waals surface area contributed by atoms with E-state index >= 15 is 0 Å². The molecule has 3 aromatic rings. The molecule has 5 nitrogen and oxygen atoms in total. The highest BCUT2D eigenvalue weighted by atomic mass is 35.5. The molecule has 0 aliphatic carbocycles. The zero-order valence-electron chi connectivity index (χ0n) is 13.5. The largest absolute Gasteiger partial charge is 0.396 e. The Balaban J connectivity index is 1.84. The van der Waals surface area contributed by atoms with Crippen molar-refractivity contribution in [2.75, 3.05) is 18.5 Å². The van der Waals surface area contributed by atoms with E-state index in [1.807, 2.05) is 24.3 Å². The standard InChI is InChI=1S/C19H17ClN4O/c20-15-4-5-18-17(8-15)19(14(9-21)11-23-18)24-10-13(12-25)7-16-3-1-2-6-22-16/h1-6,8,11,13,25H,7,10,12H2,(H,23,24). The lowest BCUT2D eigenvalue weighted by atomic mass is 10.0. The average Bonchev–Trinajstić information content (AvgIpc) is 2.65. The summed E-state index contributed by atoms with van der Waals surface area (Å²) in [7, 11) is 0. The first-order valence-corrected chi connectivity index (χ1v) is 8.32. The molecule has 0 saturated carbocycles. The highest BCUT2D eigenvalue weighted by molar-refractivity contribution is 6.31. The van der Waals surface area contributed by atoms with E-state index in [0.717, 1.165) is 16.6 Å². The summed E-state index contributed by atoms with van der Waals surface area (Å²) in [4.78, 5) is 8.59. The van der Waals surface area contributed by atoms with E-state index in [4.69, 9.17) is 11.6 Å². The Morgan fingerprint density at radius 3 is 2.84 bits per heavy atom. The number of hydrogen-bond acceptors (Lipinski definition) is 5. The van der Waals surface area contributed by atoms with Gasteiger partial charge in [0.05, 0.1) is 16.8 Å². The van der Waals surface area contributed by atoms with E-state index < -0.39 is 0 Å². The number of aromatic nitrogens is 2. The van der Waals surface area contributed by atoms with Crippen LogP contribution in [0.4, 0.5) is 5.69 Å². The minimum Gasteiger partial charge on any atom is -0.396 e. The number of rotatable bonds is 6. The first kappa shape index (κ1) is 17.2. The van der Waals surface area contributed by atoms with Gasteiger partial charge in [-0.1, -0.05) is 17.7 Å². The fourth-order valence-electron chi connectivity index (χ4n) is 2.70. The van der Waals surface area contributed by atoms with Crippen molar-refractivity contribution in [3.05, 3.63) is 65.1 Å². The number of aliphatic hydroxyl groups excluding tert-OH is 1. The first-order valence-electron chi connectivity index (χ1n) is 7.94. The Labute approximate surface area is 150 Å². The molecule has 25 heavy (non-hydrogen) atoms. The van der Waals surface area contributed by atoms with Crippen molar-refractivity contribution < 1.29 is 5.11 Å². The van der Waals surface area contributed by atoms with Gasteiger partial charge in [0.2, 0.25) is 0 Å². The van der Waals surface area contributed by atoms with E-state index in [1.165, 1.54) is 0 Å². The summed E-state index contributed by atoms with van der Waals surface area (Å²) in [6, 6.07) is 13.3. The van der Waals surface area contributed by atoms with E-state index in [1.54, 1.807) is 24.5 Å². The van der Waals surface area contributed by atoms with Gasteiger partial charge in [0.25, 0.3) is 0 Å². The molecule has 126 valence electrons. The molecule has 0 fully saturated rings. The predicted octanol–water partition coefficient (Wildman–Crippen LogP) is 3.42. The van der Waals surface area contributed by atoms with Crippen LogP contribution >= 0.6 is 11.6 Å². The maximum Gasteiger partial charge on any atom is 0.103 e. The van der Waals surface area contributed by atoms with Crippen LogP contribution < -0.4 is 5.32 Å². The molecule has 0 aliphatic heterocycles. The molecular weight excluding hydrogens is 336 g/mol. The van der Waals surface area contributed by atoms with Crippen LogP contribution in [0, 0.1) is 17.2 Å². The van der Waals surface area contributed by atoms with E-state index in [2.05, 4.69) is 21.4 Å². The fourth-order valence-corrected chi connectivity index (χ4v) is 2.87. The summed E-state index contributed by atoms with van der Waals surface area (Å²) in [6.07, 6.45) is 3.94. The summed E-state index contributed by atoms with van der Waals surface area (Å²) in [5.41, 5.74) is 2.82. The van der Waals surface area contributed by atoms with Gasteiger partial charge < -0.3 is 10.4 Å². The number of hydrogen-bond donors (Lipinski definition) is 2. The molecule has 3 rings (SSSR count). The molecule has 1 aromatic carbocycles. The van der Waals surface area contributed by atoms with Crippen molar-refractivity contribution in [1.82, 2.24) is 9.97 Å². The quantitative estimate of drug-likeness (QED) is 0.710. The number of nitrogens with zero attached hydrogens (tertiary/aromatic N) is 3. The van der Waals surface area contributed by atoms with Crippen molar-refractivity contribution in [3.8, 4) is 6.07 Å². The lowest BCUT2D eigenvalue weighted by Crippen LogP contribution is -2.21. The minimum atomic E-state index is -0.0242. The lowest BCUT2D eigenvalue weighted by molar-refractivity contribution is 0.232. The second-order valence-corrected chi connectivity index (χ2v) is 6.21. The Kier molecular flexibility index (Phi) is 5.44. The third-order valence-electron chi connectivity index (χ3n) is 4.00. The minimum absolute atomic E-state index is 0.0230. The van der Waals surface area contributed by atoms with Gasteiger partial charge in [-0.3, -0.25) is 9.97 Å². The second-order valence-electron chi connectivity index (χ2n) is 5.77. The van der Waals surface area contributed by atoms with Gasteiger partial charge >= 0.3 is 0 Å². The lowest BCUT2D eigenvalue weighted by Gasteiger charge is -2.17. The van der Waals surface area contributed by atoms with Crippen molar-refractivity contribution in [3.63, 3.8) is 0 Å². The number of halogens is 1. The molecule has 1 unspecified atom stereocenters. The van der Waals surface area contributed by atoms with Gasteiger partial charge in [-0.15, -0.1) is 0 Å². The van der Waals surface area contributed by atoms with Crippen molar-refractivity contribution in [2.45, 2.75) is 6.42 Å². The van der Waals surface area contributed by atoms with E-state index in [0.29, 0.717) is 29.2 Å². The van der Waals surface area contributed by atoms with Gasteiger partial charge in [0, 0.05) is 47.6 Å². The second kappa shape index (κ2) is 7.93. The number of nitrogens with one attached hydrogen (secondary N) is 1. The van der Waals surface area contributed by atoms with Crippen molar-refractivity contribution in [1.29, 1.82) is 5.26 Å². The van der Waals surface area contributed by atoms with Gasteiger partial charge in [-0.25, -0.2) is 0 Å². The fraction of sp³-hybridized carbons (Fsp3) is 0.211. The summed E-state index contributed by atoms with van der Waals surface area (Å²) < 4.78 is 0. The molecule has 2 heterocycles. The summed E-state index contributed by atoms with van der Waals surface area (Å²) in [5.74, 6) is -0.0242. The van der Waals surface area contributed by atoms with Crippen LogP contribution in [-0.2, 0) is 6.42 Å². The normalized spacial score (nSPS) is 11.9. The molecule has 0 radical (unpaired) electrons. The van der Waals surface area contributed by atoms with Crippen molar-refractivity contribution >= 4 is 28.2 Å². The monoisotopic (exact) mass is 352 g/mol. The highest BCUT2D eigenvalue weighted by Gasteiger charge is 2.13. The molecule has 2 N–H and O–H groups in total. The zero-order chi connectivity index (χ0) is 17.6. The molecule has 0 bridgehead atoms. The third-order valence-corrected chi connectivity index (χ3v) is 4.24. The predicted molar refractivity (Wildman–Crippen MR) is 98.5 cm³/mol. The summed E-state index contributed by atoms with van der Waals surface area (Å²) in [5, 5.41) is 23.7. The first-order chi connectivity index (χ1) is 12.2. The van der Waals surface area contributed by atoms with Crippen LogP contribution in [0.15, 0.2) is 48.8 Å². The van der Waals surface area contributed by atoms with Crippen LogP contribution in [0.5, 0.6) is 0 Å². The molecule has 0 spiro atoms. The molecule has 1 atom stereocenters. The molecule has 6 heteroatoms. The van der Waals surface area contributed by atoms with Crippen LogP contribution in [-0.4, -0.2) is 28.2 Å². The Bertz CT molecular complexity index is 908. The number of anilines is 1. The SMILES string of the molecule is N#Cc1cnc2ccc(Cl)cc2c1NCC(CO)Cc1ccccn1. The summed E-state index contributed by atoms with van der Waals surface area (Å²) in [6.45, 7) is 0.530. The number of nitriles is 1. The molecule has 2 aromatic heterocycles. The van der Waals surface area contributed by atoms with Crippen LogP contribution in [0.25, 0.3) is 10.9 Å². The van der Waals surface area contributed by atoms with Gasteiger partial charge in [0.15, 0.2) is 0 Å². The molecule has 0 aliphatic rings. The molecule has 0 saturated heterocycles. The molecule has 0 amide bonds. The zero-order valence-corrected chi connectivity index (χ0v) is 14.2. The van der Waals surface area contributed by atoms with Crippen molar-refractivity contribution in [2.24, 2.45) is 5.92 Å². The Morgan fingerprint density at radius 1 is 1.24 bits per heavy atom. The van der Waals surface area contributed by atoms with Gasteiger partial charge in [0.1, 0.15) is 6.07 Å². The Hall–Kier alpha value is -2.68.